The highest BCUT2D eigenvalue weighted by Crippen LogP contribution is 2.23. The second kappa shape index (κ2) is 7.18. The van der Waals surface area contributed by atoms with Gasteiger partial charge in [0, 0.05) is 28.8 Å². The molecule has 1 rings (SSSR count). The van der Waals surface area contributed by atoms with Gasteiger partial charge in [0.1, 0.15) is 4.99 Å². The minimum absolute atomic E-state index is 0.0182. The van der Waals surface area contributed by atoms with Crippen LogP contribution in [-0.4, -0.2) is 32.2 Å². The van der Waals surface area contributed by atoms with Gasteiger partial charge < -0.3 is 11.1 Å². The maximum absolute atomic E-state index is 11.5. The molecule has 0 aromatic heterocycles. The van der Waals surface area contributed by atoms with Crippen molar-refractivity contribution < 1.29 is 8.42 Å². The molecule has 0 atom stereocenters. The van der Waals surface area contributed by atoms with Crippen LogP contribution in [0.5, 0.6) is 0 Å². The molecule has 0 radical (unpaired) electrons. The number of hydrogen-bond acceptors (Lipinski definition) is 4. The minimum atomic E-state index is -3.20. The van der Waals surface area contributed by atoms with Crippen molar-refractivity contribution in [1.82, 2.24) is 4.72 Å². The van der Waals surface area contributed by atoms with Crippen LogP contribution in [0, 0.1) is 0 Å². The summed E-state index contributed by atoms with van der Waals surface area (Å²) in [6, 6.07) is 5.39. The number of thiocarbonyl (C=S) groups is 1. The van der Waals surface area contributed by atoms with E-state index in [4.69, 9.17) is 18.0 Å². The third kappa shape index (κ3) is 5.43. The summed E-state index contributed by atoms with van der Waals surface area (Å²) in [6.45, 7) is 2.46. The highest BCUT2D eigenvalue weighted by Gasteiger charge is 2.08. The molecule has 0 spiro atoms. The summed E-state index contributed by atoms with van der Waals surface area (Å²) in [4.78, 5) is 0.321. The fraction of sp³-hybridized carbons (Fsp3) is 0.364. The summed E-state index contributed by atoms with van der Waals surface area (Å²) in [7, 11) is -3.20. The molecule has 8 heteroatoms. The molecule has 0 saturated heterocycles. The normalized spacial score (nSPS) is 11.3. The van der Waals surface area contributed by atoms with Gasteiger partial charge in [-0.1, -0.05) is 19.1 Å². The Morgan fingerprint density at radius 2 is 2.16 bits per heavy atom. The Kier molecular flexibility index (Phi) is 6.18. The van der Waals surface area contributed by atoms with Gasteiger partial charge in [0.25, 0.3) is 0 Å². The molecule has 0 saturated carbocycles. The van der Waals surface area contributed by atoms with Gasteiger partial charge in [-0.25, -0.2) is 13.1 Å². The molecule has 0 aliphatic heterocycles. The first-order chi connectivity index (χ1) is 8.85. The van der Waals surface area contributed by atoms with Crippen LogP contribution in [0.2, 0.25) is 0 Å². The van der Waals surface area contributed by atoms with E-state index in [-0.39, 0.29) is 5.75 Å². The third-order valence-corrected chi connectivity index (χ3v) is 4.67. The number of halogens is 1. The lowest BCUT2D eigenvalue weighted by Gasteiger charge is -2.10. The maximum Gasteiger partial charge on any atom is 0.213 e. The van der Waals surface area contributed by atoms with E-state index in [0.29, 0.717) is 18.1 Å². The average Bonchev–Trinajstić information content (AvgIpc) is 2.30. The Labute approximate surface area is 127 Å². The van der Waals surface area contributed by atoms with E-state index >= 15 is 0 Å². The molecular formula is C11H16BrN3O2S2. The summed E-state index contributed by atoms with van der Waals surface area (Å²) >= 11 is 8.26. The van der Waals surface area contributed by atoms with Crippen LogP contribution in [0.1, 0.15) is 12.5 Å². The Morgan fingerprint density at radius 1 is 1.47 bits per heavy atom. The van der Waals surface area contributed by atoms with Crippen LogP contribution < -0.4 is 15.8 Å². The first-order valence-electron chi connectivity index (χ1n) is 5.66. The molecule has 0 bridgehead atoms. The summed E-state index contributed by atoms with van der Waals surface area (Å²) in [5.41, 5.74) is 7.08. The number of sulfonamides is 1. The van der Waals surface area contributed by atoms with Gasteiger partial charge in [0.05, 0.1) is 5.75 Å². The summed E-state index contributed by atoms with van der Waals surface area (Å²) < 4.78 is 26.1. The van der Waals surface area contributed by atoms with Gasteiger partial charge in [0.2, 0.25) is 10.0 Å². The Hall–Kier alpha value is -0.700. The number of nitrogens with one attached hydrogen (secondary N) is 2. The van der Waals surface area contributed by atoms with Crippen molar-refractivity contribution in [2.75, 3.05) is 24.2 Å². The Morgan fingerprint density at radius 3 is 2.68 bits per heavy atom. The van der Waals surface area contributed by atoms with Crippen molar-refractivity contribution in [2.45, 2.75) is 6.92 Å². The zero-order chi connectivity index (χ0) is 14.5. The number of hydrogen-bond donors (Lipinski definition) is 3. The van der Waals surface area contributed by atoms with Crippen LogP contribution in [0.3, 0.4) is 0 Å². The molecule has 0 heterocycles. The van der Waals surface area contributed by atoms with E-state index < -0.39 is 10.0 Å². The Bertz CT molecular complexity index is 561. The van der Waals surface area contributed by atoms with Crippen molar-refractivity contribution in [1.29, 1.82) is 0 Å². The van der Waals surface area contributed by atoms with Crippen LogP contribution in [0.15, 0.2) is 22.7 Å². The monoisotopic (exact) mass is 365 g/mol. The van der Waals surface area contributed by atoms with Crippen LogP contribution in [0.25, 0.3) is 0 Å². The van der Waals surface area contributed by atoms with E-state index in [9.17, 15) is 8.42 Å². The molecule has 4 N–H and O–H groups in total. The van der Waals surface area contributed by atoms with Gasteiger partial charge in [-0.05, 0) is 34.1 Å². The van der Waals surface area contributed by atoms with Crippen LogP contribution in [0.4, 0.5) is 5.69 Å². The predicted octanol–water partition coefficient (Wildman–Crippen LogP) is 1.43. The van der Waals surface area contributed by atoms with E-state index in [1.54, 1.807) is 25.1 Å². The van der Waals surface area contributed by atoms with E-state index in [0.717, 1.165) is 15.7 Å². The number of benzene rings is 1. The van der Waals surface area contributed by atoms with E-state index in [1.165, 1.54) is 0 Å². The summed E-state index contributed by atoms with van der Waals surface area (Å²) in [5.74, 6) is 0.0182. The van der Waals surface area contributed by atoms with E-state index in [1.807, 2.05) is 0 Å². The summed E-state index contributed by atoms with van der Waals surface area (Å²) in [5, 5.41) is 3.04. The lowest BCUT2D eigenvalue weighted by Crippen LogP contribution is -2.29. The molecular weight excluding hydrogens is 350 g/mol. The quantitative estimate of drug-likeness (QED) is 0.636. The summed E-state index contributed by atoms with van der Waals surface area (Å²) in [6.07, 6.45) is 0. The van der Waals surface area contributed by atoms with Gasteiger partial charge in [-0.2, -0.15) is 0 Å². The smallest absolute Gasteiger partial charge is 0.213 e. The molecule has 19 heavy (non-hydrogen) atoms. The number of rotatable bonds is 7. The molecule has 1 aromatic rings. The van der Waals surface area contributed by atoms with Crippen LogP contribution >= 0.6 is 28.1 Å². The molecule has 0 fully saturated rings. The molecule has 106 valence electrons. The van der Waals surface area contributed by atoms with Gasteiger partial charge in [-0.3, -0.25) is 0 Å². The lowest BCUT2D eigenvalue weighted by atomic mass is 10.2. The highest BCUT2D eigenvalue weighted by molar-refractivity contribution is 9.10. The molecule has 0 aliphatic carbocycles. The fourth-order valence-electron chi connectivity index (χ4n) is 1.42. The van der Waals surface area contributed by atoms with Crippen molar-refractivity contribution in [3.8, 4) is 0 Å². The largest absolute Gasteiger partial charge is 0.389 e. The first kappa shape index (κ1) is 16.4. The highest BCUT2D eigenvalue weighted by atomic mass is 79.9. The van der Waals surface area contributed by atoms with E-state index in [2.05, 4.69) is 26.0 Å². The van der Waals surface area contributed by atoms with Crippen molar-refractivity contribution in [2.24, 2.45) is 5.73 Å². The second-order valence-corrected chi connectivity index (χ2v) is 7.02. The average molecular weight is 366 g/mol. The zero-order valence-electron chi connectivity index (χ0n) is 10.4. The minimum Gasteiger partial charge on any atom is -0.389 e. The van der Waals surface area contributed by atoms with Crippen molar-refractivity contribution in [3.63, 3.8) is 0 Å². The molecule has 0 unspecified atom stereocenters. The SMILES string of the molecule is CCNS(=O)(=O)CCNc1ccc(C(N)=S)cc1Br. The zero-order valence-corrected chi connectivity index (χ0v) is 13.7. The molecule has 0 aliphatic rings. The predicted molar refractivity (Wildman–Crippen MR) is 86.0 cm³/mol. The number of anilines is 1. The van der Waals surface area contributed by atoms with Gasteiger partial charge in [-0.15, -0.1) is 0 Å². The maximum atomic E-state index is 11.5. The second-order valence-electron chi connectivity index (χ2n) is 3.80. The molecule has 5 nitrogen and oxygen atoms in total. The number of nitrogens with two attached hydrogens (primary N) is 1. The first-order valence-corrected chi connectivity index (χ1v) is 8.51. The van der Waals surface area contributed by atoms with Gasteiger partial charge in [0.15, 0.2) is 0 Å². The van der Waals surface area contributed by atoms with Crippen molar-refractivity contribution in [3.05, 3.63) is 28.2 Å². The third-order valence-electron chi connectivity index (χ3n) is 2.30. The van der Waals surface area contributed by atoms with Crippen LogP contribution in [-0.2, 0) is 10.0 Å². The standard InChI is InChI=1S/C11H16BrN3O2S2/c1-2-15-19(16,17)6-5-14-10-4-3-8(11(13)18)7-9(10)12/h3-4,7,14-15H,2,5-6H2,1H3,(H2,13,18). The van der Waals surface area contributed by atoms with Crippen molar-refractivity contribution >= 4 is 48.8 Å². The molecule has 1 aromatic carbocycles. The molecule has 0 amide bonds. The Balaban J connectivity index is 2.62. The topological polar surface area (TPSA) is 84.2 Å². The fourth-order valence-corrected chi connectivity index (χ4v) is 3.02. The lowest BCUT2D eigenvalue weighted by molar-refractivity contribution is 0.584. The van der Waals surface area contributed by atoms with Gasteiger partial charge >= 0.3 is 0 Å².